The number of rotatable bonds is 2. The second-order valence-electron chi connectivity index (χ2n) is 4.09. The molecule has 5 heteroatoms. The van der Waals surface area contributed by atoms with Crippen LogP contribution in [0.1, 0.15) is 15.9 Å². The molecular formula is C14H12ClFN2O. The van der Waals surface area contributed by atoms with E-state index in [9.17, 15) is 9.18 Å². The monoisotopic (exact) mass is 278 g/mol. The number of carbonyl (C=O) groups excluding carboxylic acids is 1. The van der Waals surface area contributed by atoms with Gasteiger partial charge in [0.15, 0.2) is 0 Å². The molecule has 0 spiro atoms. The molecular weight excluding hydrogens is 267 g/mol. The highest BCUT2D eigenvalue weighted by Gasteiger charge is 2.15. The Kier molecular flexibility index (Phi) is 3.71. The Morgan fingerprint density at radius 1 is 1.26 bits per heavy atom. The molecule has 0 saturated carbocycles. The van der Waals surface area contributed by atoms with Crippen molar-refractivity contribution in [2.75, 3.05) is 11.1 Å². The smallest absolute Gasteiger partial charge is 0.257 e. The summed E-state index contributed by atoms with van der Waals surface area (Å²) in [5.74, 6) is -1.08. The van der Waals surface area contributed by atoms with Gasteiger partial charge in [-0.25, -0.2) is 4.39 Å². The zero-order chi connectivity index (χ0) is 14.0. The van der Waals surface area contributed by atoms with Crippen molar-refractivity contribution in [2.45, 2.75) is 6.92 Å². The van der Waals surface area contributed by atoms with Crippen LogP contribution in [0.25, 0.3) is 0 Å². The average molecular weight is 279 g/mol. The van der Waals surface area contributed by atoms with Gasteiger partial charge in [-0.05, 0) is 30.7 Å². The third-order valence-electron chi connectivity index (χ3n) is 2.72. The van der Waals surface area contributed by atoms with Crippen LogP contribution in [0.4, 0.5) is 15.8 Å². The summed E-state index contributed by atoms with van der Waals surface area (Å²) in [6, 6.07) is 9.28. The SMILES string of the molecule is Cc1cccc(C(=O)Nc2c(N)cccc2F)c1Cl. The first-order chi connectivity index (χ1) is 9.00. The number of halogens is 2. The van der Waals surface area contributed by atoms with Crippen molar-refractivity contribution in [2.24, 2.45) is 0 Å². The first kappa shape index (κ1) is 13.4. The molecule has 0 atom stereocenters. The van der Waals surface area contributed by atoms with Crippen molar-refractivity contribution >= 4 is 28.9 Å². The van der Waals surface area contributed by atoms with Gasteiger partial charge < -0.3 is 11.1 Å². The quantitative estimate of drug-likeness (QED) is 0.824. The fraction of sp³-hybridized carbons (Fsp3) is 0.0714. The van der Waals surface area contributed by atoms with Crippen molar-refractivity contribution in [3.8, 4) is 0 Å². The molecule has 1 amide bonds. The third-order valence-corrected chi connectivity index (χ3v) is 3.22. The van der Waals surface area contributed by atoms with Crippen LogP contribution >= 0.6 is 11.6 Å². The molecule has 0 bridgehead atoms. The Hall–Kier alpha value is -2.07. The van der Waals surface area contributed by atoms with E-state index in [1.165, 1.54) is 18.2 Å². The Balaban J connectivity index is 2.34. The van der Waals surface area contributed by atoms with Crippen LogP contribution < -0.4 is 11.1 Å². The maximum absolute atomic E-state index is 13.6. The van der Waals surface area contributed by atoms with Gasteiger partial charge in [-0.3, -0.25) is 4.79 Å². The lowest BCUT2D eigenvalue weighted by atomic mass is 10.1. The fourth-order valence-electron chi connectivity index (χ4n) is 1.68. The molecule has 2 aromatic rings. The Morgan fingerprint density at radius 3 is 2.63 bits per heavy atom. The number of nitrogens with two attached hydrogens (primary N) is 1. The number of para-hydroxylation sites is 1. The maximum Gasteiger partial charge on any atom is 0.257 e. The van der Waals surface area contributed by atoms with E-state index in [2.05, 4.69) is 5.32 Å². The molecule has 19 heavy (non-hydrogen) atoms. The summed E-state index contributed by atoms with van der Waals surface area (Å²) in [4.78, 5) is 12.1. The maximum atomic E-state index is 13.6. The van der Waals surface area contributed by atoms with Gasteiger partial charge in [0, 0.05) is 0 Å². The summed E-state index contributed by atoms with van der Waals surface area (Å²) in [7, 11) is 0. The normalized spacial score (nSPS) is 10.3. The van der Waals surface area contributed by atoms with Crippen LogP contribution in [0.2, 0.25) is 5.02 Å². The zero-order valence-electron chi connectivity index (χ0n) is 10.2. The van der Waals surface area contributed by atoms with Crippen molar-refractivity contribution in [3.63, 3.8) is 0 Å². The minimum atomic E-state index is -0.586. The number of amides is 1. The van der Waals surface area contributed by atoms with Crippen molar-refractivity contribution in [1.29, 1.82) is 0 Å². The van der Waals surface area contributed by atoms with Gasteiger partial charge in [0.25, 0.3) is 5.91 Å². The van der Waals surface area contributed by atoms with E-state index >= 15 is 0 Å². The Morgan fingerprint density at radius 2 is 1.95 bits per heavy atom. The summed E-state index contributed by atoms with van der Waals surface area (Å²) in [6.45, 7) is 1.79. The number of hydrogen-bond donors (Lipinski definition) is 2. The number of nitrogens with one attached hydrogen (secondary N) is 1. The summed E-state index contributed by atoms with van der Waals surface area (Å²) in [5.41, 5.74) is 6.81. The van der Waals surface area contributed by atoms with Crippen LogP contribution in [-0.2, 0) is 0 Å². The van der Waals surface area contributed by atoms with Gasteiger partial charge >= 0.3 is 0 Å². The molecule has 0 fully saturated rings. The molecule has 0 saturated heterocycles. The summed E-state index contributed by atoms with van der Waals surface area (Å²) in [5, 5.41) is 2.78. The molecule has 0 aromatic heterocycles. The number of benzene rings is 2. The highest BCUT2D eigenvalue weighted by atomic mass is 35.5. The Labute approximate surface area is 115 Å². The standard InChI is InChI=1S/C14H12ClFN2O/c1-8-4-2-5-9(12(8)15)14(19)18-13-10(16)6-3-7-11(13)17/h2-7H,17H2,1H3,(H,18,19). The highest BCUT2D eigenvalue weighted by Crippen LogP contribution is 2.25. The Bertz CT molecular complexity index is 623. The van der Waals surface area contributed by atoms with E-state index < -0.39 is 11.7 Å². The van der Waals surface area contributed by atoms with Crippen LogP contribution in [0.5, 0.6) is 0 Å². The molecule has 0 aliphatic carbocycles. The van der Waals surface area contributed by atoms with Gasteiger partial charge in [0.1, 0.15) is 11.5 Å². The topological polar surface area (TPSA) is 55.1 Å². The predicted molar refractivity (Wildman–Crippen MR) is 75.0 cm³/mol. The molecule has 2 rings (SSSR count). The minimum absolute atomic E-state index is 0.0370. The molecule has 3 N–H and O–H groups in total. The van der Waals surface area contributed by atoms with Gasteiger partial charge in [-0.1, -0.05) is 29.8 Å². The van der Waals surface area contributed by atoms with E-state index in [4.69, 9.17) is 17.3 Å². The van der Waals surface area contributed by atoms with E-state index in [1.807, 2.05) is 0 Å². The van der Waals surface area contributed by atoms with Crippen LogP contribution in [0.15, 0.2) is 36.4 Å². The first-order valence-corrected chi connectivity index (χ1v) is 5.99. The number of aryl methyl sites for hydroxylation is 1. The lowest BCUT2D eigenvalue weighted by molar-refractivity contribution is 0.102. The van der Waals surface area contributed by atoms with Crippen molar-refractivity contribution < 1.29 is 9.18 Å². The molecule has 3 nitrogen and oxygen atoms in total. The van der Waals surface area contributed by atoms with Crippen molar-refractivity contribution in [1.82, 2.24) is 0 Å². The van der Waals surface area contributed by atoms with Gasteiger partial charge in [0.2, 0.25) is 0 Å². The lowest BCUT2D eigenvalue weighted by Crippen LogP contribution is -2.15. The summed E-state index contributed by atoms with van der Waals surface area (Å²) < 4.78 is 13.6. The van der Waals surface area contributed by atoms with Crippen LogP contribution in [-0.4, -0.2) is 5.91 Å². The summed E-state index contributed by atoms with van der Waals surface area (Å²) >= 11 is 6.05. The van der Waals surface area contributed by atoms with Crippen molar-refractivity contribution in [3.05, 3.63) is 58.4 Å². The number of anilines is 2. The van der Waals surface area contributed by atoms with Gasteiger partial charge in [0.05, 0.1) is 16.3 Å². The second kappa shape index (κ2) is 5.28. The zero-order valence-corrected chi connectivity index (χ0v) is 11.0. The molecule has 0 aliphatic rings. The molecule has 98 valence electrons. The lowest BCUT2D eigenvalue weighted by Gasteiger charge is -2.10. The average Bonchev–Trinajstić information content (AvgIpc) is 2.37. The highest BCUT2D eigenvalue weighted by molar-refractivity contribution is 6.35. The molecule has 0 radical (unpaired) electrons. The second-order valence-corrected chi connectivity index (χ2v) is 4.47. The van der Waals surface area contributed by atoms with Crippen LogP contribution in [0.3, 0.4) is 0 Å². The van der Waals surface area contributed by atoms with Crippen LogP contribution in [0, 0.1) is 12.7 Å². The van der Waals surface area contributed by atoms with E-state index in [0.717, 1.165) is 5.56 Å². The van der Waals surface area contributed by atoms with Gasteiger partial charge in [-0.15, -0.1) is 0 Å². The third kappa shape index (κ3) is 2.69. The van der Waals surface area contributed by atoms with Gasteiger partial charge in [-0.2, -0.15) is 0 Å². The fourth-order valence-corrected chi connectivity index (χ4v) is 1.89. The van der Waals surface area contributed by atoms with E-state index in [-0.39, 0.29) is 16.9 Å². The number of hydrogen-bond acceptors (Lipinski definition) is 2. The van der Waals surface area contributed by atoms with E-state index in [0.29, 0.717) is 5.02 Å². The summed E-state index contributed by atoms with van der Waals surface area (Å²) in [6.07, 6.45) is 0. The largest absolute Gasteiger partial charge is 0.397 e. The van der Waals surface area contributed by atoms with E-state index in [1.54, 1.807) is 25.1 Å². The number of nitrogen functional groups attached to an aromatic ring is 1. The minimum Gasteiger partial charge on any atom is -0.397 e. The number of carbonyl (C=O) groups is 1. The molecule has 0 heterocycles. The predicted octanol–water partition coefficient (Wildman–Crippen LogP) is 3.62. The first-order valence-electron chi connectivity index (χ1n) is 5.61. The molecule has 0 unspecified atom stereocenters. The molecule has 0 aliphatic heterocycles. The molecule has 2 aromatic carbocycles.